The molecule has 0 radical (unpaired) electrons. The predicted molar refractivity (Wildman–Crippen MR) is 255 cm³/mol. The fourth-order valence-corrected chi connectivity index (χ4v) is 10.6. The van der Waals surface area contributed by atoms with Crippen LogP contribution in [0.5, 0.6) is 11.5 Å². The highest BCUT2D eigenvalue weighted by Gasteiger charge is 2.32. The maximum Gasteiger partial charge on any atom is 0.322 e. The van der Waals surface area contributed by atoms with E-state index in [9.17, 15) is 20.0 Å². The topological polar surface area (TPSA) is 164 Å². The predicted octanol–water partition coefficient (Wildman–Crippen LogP) is 9.36. The minimum absolute atomic E-state index is 0.0111. The van der Waals surface area contributed by atoms with Crippen LogP contribution < -0.4 is 20.1 Å². The molecule has 65 heavy (non-hydrogen) atoms. The Labute approximate surface area is 387 Å². The van der Waals surface area contributed by atoms with Crippen molar-refractivity contribution < 1.29 is 24.1 Å². The maximum atomic E-state index is 13.7. The van der Waals surface area contributed by atoms with Crippen LogP contribution in [0.25, 0.3) is 39.8 Å². The van der Waals surface area contributed by atoms with Crippen molar-refractivity contribution in [3.63, 3.8) is 0 Å². The summed E-state index contributed by atoms with van der Waals surface area (Å²) >= 11 is 4.20. The number of hydrogen-bond donors (Lipinski definition) is 3. The summed E-state index contributed by atoms with van der Waals surface area (Å²) in [5.74, 6) is 1.41. The zero-order valence-corrected chi connectivity index (χ0v) is 37.8. The third-order valence-corrected chi connectivity index (χ3v) is 14.1. The summed E-state index contributed by atoms with van der Waals surface area (Å²) in [6.07, 6.45) is 4.46. The summed E-state index contributed by atoms with van der Waals surface area (Å²) in [6.45, 7) is 2.10. The molecule has 324 valence electrons. The summed E-state index contributed by atoms with van der Waals surface area (Å²) in [7, 11) is 1.63. The normalized spacial score (nSPS) is 12.0. The van der Waals surface area contributed by atoms with Crippen molar-refractivity contribution in [1.29, 1.82) is 5.26 Å². The molecule has 3 aromatic heterocycles. The Hall–Kier alpha value is -7.19. The first-order valence-corrected chi connectivity index (χ1v) is 23.6. The number of nitrogens with one attached hydrogen (secondary N) is 2. The van der Waals surface area contributed by atoms with E-state index in [2.05, 4.69) is 38.4 Å². The number of carbonyl (C=O) groups excluding carboxylic acids is 2. The Morgan fingerprint density at radius 1 is 0.815 bits per heavy atom. The molecule has 9 rings (SSSR count). The van der Waals surface area contributed by atoms with Crippen LogP contribution in [0.4, 0.5) is 10.7 Å². The molecule has 8 aromatic rings. The molecule has 3 N–H and O–H groups in total. The van der Waals surface area contributed by atoms with E-state index >= 15 is 0 Å². The number of aromatic hydroxyl groups is 1. The number of thiophene rings is 1. The molecule has 0 saturated heterocycles. The van der Waals surface area contributed by atoms with Crippen molar-refractivity contribution >= 4 is 57.4 Å². The van der Waals surface area contributed by atoms with Gasteiger partial charge in [-0.15, -0.1) is 21.5 Å². The van der Waals surface area contributed by atoms with E-state index in [-0.39, 0.29) is 29.1 Å². The zero-order valence-electron chi connectivity index (χ0n) is 35.4. The molecular weight excluding hydrogens is 875 g/mol. The number of benzene rings is 5. The first kappa shape index (κ1) is 43.1. The lowest BCUT2D eigenvalue weighted by atomic mass is 9.96. The first-order chi connectivity index (χ1) is 31.8. The molecule has 0 unspecified atom stereocenters. The molecule has 0 fully saturated rings. The van der Waals surface area contributed by atoms with Gasteiger partial charge in [-0.25, -0.2) is 0 Å². The van der Waals surface area contributed by atoms with Gasteiger partial charge < -0.3 is 20.5 Å². The number of para-hydroxylation sites is 3. The molecule has 13 nitrogen and oxygen atoms in total. The van der Waals surface area contributed by atoms with Crippen molar-refractivity contribution in [3.05, 3.63) is 149 Å². The highest BCUT2D eigenvalue weighted by Crippen LogP contribution is 2.38. The standard InChI is InChI=1S/C49H41N9O4S3/c1-31-38-18-8-11-22-42(38)65-46(31)52-44(61)30-64-49-55-58(47(32-23-25-37(62-2)26-24-32)57(49)34-14-4-3-5-15-34)36-17-12-16-35(27-36)56-45(39-19-7-10-21-41(39)59)53-54-48(56)63-29-43(60)51-40-20-9-6-13-33(40)28-50/h3-7,9-10,12-17,19-21,23-27H,8,11,18,22,29-30H2,1-2H3,(H2-,51,52,53,59,60,61)/p+1. The minimum atomic E-state index is -0.334. The van der Waals surface area contributed by atoms with Crippen LogP contribution in [0.15, 0.2) is 138 Å². The maximum absolute atomic E-state index is 13.7. The summed E-state index contributed by atoms with van der Waals surface area (Å²) in [4.78, 5) is 28.4. The second kappa shape index (κ2) is 19.3. The number of methoxy groups -OCH3 is 1. The van der Waals surface area contributed by atoms with E-state index < -0.39 is 0 Å². The number of ether oxygens (including phenoxy) is 1. The molecule has 0 aliphatic heterocycles. The molecule has 3 heterocycles. The van der Waals surface area contributed by atoms with Gasteiger partial charge in [0.1, 0.15) is 23.3 Å². The van der Waals surface area contributed by atoms with E-state index in [0.29, 0.717) is 55.9 Å². The number of nitrogens with zero attached hydrogens (tertiary/aromatic N) is 7. The summed E-state index contributed by atoms with van der Waals surface area (Å²) < 4.78 is 11.2. The number of fused-ring (bicyclic) bond motifs is 1. The lowest BCUT2D eigenvalue weighted by molar-refractivity contribution is -0.648. The van der Waals surface area contributed by atoms with Gasteiger partial charge in [-0.3, -0.25) is 14.2 Å². The fraction of sp³-hybridized carbons (Fsp3) is 0.163. The number of thioether (sulfide) groups is 2. The van der Waals surface area contributed by atoms with Crippen molar-refractivity contribution in [3.8, 4) is 57.4 Å². The van der Waals surface area contributed by atoms with Crippen LogP contribution in [0.1, 0.15) is 34.4 Å². The van der Waals surface area contributed by atoms with Crippen LogP contribution in [0.3, 0.4) is 0 Å². The van der Waals surface area contributed by atoms with Gasteiger partial charge in [0.05, 0.1) is 51.7 Å². The Balaban J connectivity index is 1.12. The zero-order chi connectivity index (χ0) is 44.9. The first-order valence-electron chi connectivity index (χ1n) is 20.8. The molecule has 1 aliphatic carbocycles. The van der Waals surface area contributed by atoms with Crippen molar-refractivity contribution in [1.82, 2.24) is 24.4 Å². The van der Waals surface area contributed by atoms with Crippen LogP contribution in [-0.2, 0) is 22.4 Å². The molecule has 5 aromatic carbocycles. The number of amides is 2. The average molecular weight is 917 g/mol. The van der Waals surface area contributed by atoms with Crippen molar-refractivity contribution in [2.45, 2.75) is 42.9 Å². The number of anilines is 2. The van der Waals surface area contributed by atoms with Crippen LogP contribution in [0, 0.1) is 18.3 Å². The van der Waals surface area contributed by atoms with E-state index in [0.717, 1.165) is 29.1 Å². The van der Waals surface area contributed by atoms with Crippen molar-refractivity contribution in [2.24, 2.45) is 0 Å². The number of phenols is 1. The van der Waals surface area contributed by atoms with E-state index in [1.54, 1.807) is 71.5 Å². The molecule has 0 bridgehead atoms. The van der Waals surface area contributed by atoms with E-state index in [1.165, 1.54) is 52.4 Å². The second-order valence-corrected chi connectivity index (χ2v) is 18.1. The average Bonchev–Trinajstić information content (AvgIpc) is 4.04. The largest absolute Gasteiger partial charge is 0.507 e. The quantitative estimate of drug-likeness (QED) is 0.0708. The van der Waals surface area contributed by atoms with Gasteiger partial charge in [0, 0.05) is 10.9 Å². The number of nitriles is 1. The van der Waals surface area contributed by atoms with Crippen LogP contribution in [0.2, 0.25) is 0 Å². The highest BCUT2D eigenvalue weighted by atomic mass is 32.2. The Bertz CT molecular complexity index is 3080. The Morgan fingerprint density at radius 2 is 1.52 bits per heavy atom. The molecule has 0 atom stereocenters. The summed E-state index contributed by atoms with van der Waals surface area (Å²) in [5, 5.41) is 42.8. The fourth-order valence-electron chi connectivity index (χ4n) is 7.78. The molecule has 2 amide bonds. The van der Waals surface area contributed by atoms with Crippen LogP contribution in [-0.4, -0.2) is 60.0 Å². The summed E-state index contributed by atoms with van der Waals surface area (Å²) in [6, 6.07) is 41.1. The van der Waals surface area contributed by atoms with Gasteiger partial charge >= 0.3 is 11.0 Å². The molecule has 0 spiro atoms. The van der Waals surface area contributed by atoms with Gasteiger partial charge in [0.2, 0.25) is 11.8 Å². The number of aryl methyl sites for hydroxylation is 1. The lowest BCUT2D eigenvalue weighted by Gasteiger charge is -2.12. The number of carbonyl (C=O) groups is 2. The third-order valence-electron chi connectivity index (χ3n) is 10.9. The lowest BCUT2D eigenvalue weighted by Crippen LogP contribution is -2.35. The van der Waals surface area contributed by atoms with Crippen LogP contribution >= 0.6 is 34.9 Å². The second-order valence-electron chi connectivity index (χ2n) is 15.1. The van der Waals surface area contributed by atoms with E-state index in [4.69, 9.17) is 9.84 Å². The third kappa shape index (κ3) is 9.12. The molecule has 16 heteroatoms. The minimum Gasteiger partial charge on any atom is -0.507 e. The van der Waals surface area contributed by atoms with Gasteiger partial charge in [0.15, 0.2) is 16.7 Å². The number of phenolic OH excluding ortho intramolecular Hbond substituents is 1. The van der Waals surface area contributed by atoms with Crippen molar-refractivity contribution in [2.75, 3.05) is 29.2 Å². The highest BCUT2D eigenvalue weighted by molar-refractivity contribution is 8.00. The number of hydrogen-bond acceptors (Lipinski definition) is 11. The Morgan fingerprint density at radius 3 is 2.29 bits per heavy atom. The van der Waals surface area contributed by atoms with Gasteiger partial charge in [-0.2, -0.15) is 9.83 Å². The number of rotatable bonds is 14. The monoisotopic (exact) mass is 916 g/mol. The summed E-state index contributed by atoms with van der Waals surface area (Å²) in [5.41, 5.74) is 6.75. The van der Waals surface area contributed by atoms with E-state index in [1.807, 2.05) is 83.5 Å². The molecule has 0 saturated carbocycles. The molecular formula is C49H42N9O4S3+. The smallest absolute Gasteiger partial charge is 0.322 e. The van der Waals surface area contributed by atoms with Gasteiger partial charge in [-0.05, 0) is 133 Å². The molecule has 1 aliphatic rings. The SMILES string of the molecule is COc1ccc(-c2n(-c3ccccc3)c(SCC(=O)Nc3sc4c(c3C)CCCC4)n[n+]2-c2cccc(-n3c(SCC(=O)Nc4ccccc4C#N)nnc3-c3ccccc3O)c2)cc1. The van der Waals surface area contributed by atoms with Gasteiger partial charge in [-0.1, -0.05) is 65.0 Å². The Kier molecular flexibility index (Phi) is 12.8. The number of aromatic nitrogens is 6. The van der Waals surface area contributed by atoms with Gasteiger partial charge in [0.25, 0.3) is 0 Å².